The molecule has 0 spiro atoms. The third-order valence-corrected chi connectivity index (χ3v) is 3.03. The number of nitrogens with zero attached hydrogens (tertiary/aromatic N) is 2. The fourth-order valence-electron chi connectivity index (χ4n) is 1.45. The topological polar surface area (TPSA) is 55.1 Å². The van der Waals surface area contributed by atoms with Gasteiger partial charge in [0.1, 0.15) is 6.07 Å². The van der Waals surface area contributed by atoms with Crippen molar-refractivity contribution in [3.8, 4) is 28.8 Å². The van der Waals surface area contributed by atoms with E-state index in [2.05, 4.69) is 4.98 Å². The van der Waals surface area contributed by atoms with Crippen molar-refractivity contribution in [3.05, 3.63) is 28.6 Å². The van der Waals surface area contributed by atoms with Crippen LogP contribution in [-0.2, 0) is 0 Å². The predicted molar refractivity (Wildman–Crippen MR) is 65.4 cm³/mol. The fraction of sp³-hybridized carbons (Fsp3) is 0.167. The van der Waals surface area contributed by atoms with Gasteiger partial charge >= 0.3 is 0 Å². The number of nitriles is 1. The molecule has 1 aromatic carbocycles. The van der Waals surface area contributed by atoms with E-state index < -0.39 is 0 Å². The molecule has 0 unspecified atom stereocenters. The van der Waals surface area contributed by atoms with Crippen LogP contribution in [0.25, 0.3) is 11.3 Å². The second-order valence-corrected chi connectivity index (χ2v) is 4.08. The standard InChI is InChI=1S/C12H10N2O2S/c1-15-10-4-3-8(5-11(10)16-2)9-7-17-12(6-13)14-9/h3-5,7H,1-2H3. The number of benzene rings is 1. The summed E-state index contributed by atoms with van der Waals surface area (Å²) in [7, 11) is 3.18. The summed E-state index contributed by atoms with van der Waals surface area (Å²) in [5, 5.41) is 11.0. The SMILES string of the molecule is COc1ccc(-c2csc(C#N)n2)cc1OC. The van der Waals surface area contributed by atoms with E-state index in [0.29, 0.717) is 16.5 Å². The molecule has 1 aromatic heterocycles. The van der Waals surface area contributed by atoms with Crippen LogP contribution in [0.3, 0.4) is 0 Å². The molecule has 2 aromatic rings. The Balaban J connectivity index is 2.43. The minimum absolute atomic E-state index is 0.454. The third-order valence-electron chi connectivity index (χ3n) is 2.28. The molecule has 0 N–H and O–H groups in total. The van der Waals surface area contributed by atoms with E-state index in [-0.39, 0.29) is 0 Å². The van der Waals surface area contributed by atoms with Crippen molar-refractivity contribution < 1.29 is 9.47 Å². The van der Waals surface area contributed by atoms with Crippen LogP contribution in [-0.4, -0.2) is 19.2 Å². The van der Waals surface area contributed by atoms with Crippen LogP contribution in [0.1, 0.15) is 5.01 Å². The average Bonchev–Trinajstić information content (AvgIpc) is 2.86. The normalized spacial score (nSPS) is 9.71. The molecule has 0 aliphatic heterocycles. The largest absolute Gasteiger partial charge is 0.493 e. The van der Waals surface area contributed by atoms with Crippen LogP contribution in [0.4, 0.5) is 0 Å². The lowest BCUT2D eigenvalue weighted by Gasteiger charge is -2.08. The van der Waals surface area contributed by atoms with Gasteiger partial charge in [0.2, 0.25) is 0 Å². The predicted octanol–water partition coefficient (Wildman–Crippen LogP) is 2.70. The zero-order valence-corrected chi connectivity index (χ0v) is 10.2. The number of thiazole rings is 1. The number of aromatic nitrogens is 1. The molecule has 0 bridgehead atoms. The number of ether oxygens (including phenoxy) is 2. The quantitative estimate of drug-likeness (QED) is 0.835. The van der Waals surface area contributed by atoms with Gasteiger partial charge in [0.25, 0.3) is 0 Å². The van der Waals surface area contributed by atoms with Crippen molar-refractivity contribution in [1.29, 1.82) is 5.26 Å². The van der Waals surface area contributed by atoms with E-state index in [1.165, 1.54) is 11.3 Å². The molecule has 0 amide bonds. The van der Waals surface area contributed by atoms with Crippen molar-refractivity contribution in [3.63, 3.8) is 0 Å². The van der Waals surface area contributed by atoms with Gasteiger partial charge in [-0.15, -0.1) is 11.3 Å². The first-order chi connectivity index (χ1) is 8.28. The Kier molecular flexibility index (Phi) is 3.26. The van der Waals surface area contributed by atoms with Gasteiger partial charge in [0.15, 0.2) is 16.5 Å². The smallest absolute Gasteiger partial charge is 0.194 e. The molecule has 0 aliphatic carbocycles. The van der Waals surface area contributed by atoms with Crippen molar-refractivity contribution in [2.45, 2.75) is 0 Å². The first-order valence-electron chi connectivity index (χ1n) is 4.86. The molecule has 0 saturated heterocycles. The summed E-state index contributed by atoms with van der Waals surface area (Å²) in [6, 6.07) is 7.57. The van der Waals surface area contributed by atoms with Crippen LogP contribution in [0, 0.1) is 11.3 Å². The summed E-state index contributed by atoms with van der Waals surface area (Å²) >= 11 is 1.32. The van der Waals surface area contributed by atoms with Crippen LogP contribution in [0.15, 0.2) is 23.6 Å². The van der Waals surface area contributed by atoms with Gasteiger partial charge in [0, 0.05) is 10.9 Å². The number of methoxy groups -OCH3 is 2. The Bertz CT molecular complexity index is 572. The summed E-state index contributed by atoms with van der Waals surface area (Å²) in [4.78, 5) is 4.19. The van der Waals surface area contributed by atoms with Gasteiger partial charge in [-0.1, -0.05) is 0 Å². The zero-order chi connectivity index (χ0) is 12.3. The van der Waals surface area contributed by atoms with Crippen molar-refractivity contribution in [2.24, 2.45) is 0 Å². The second kappa shape index (κ2) is 4.85. The highest BCUT2D eigenvalue weighted by atomic mass is 32.1. The summed E-state index contributed by atoms with van der Waals surface area (Å²) in [5.41, 5.74) is 1.67. The molecule has 0 fully saturated rings. The van der Waals surface area contributed by atoms with E-state index in [0.717, 1.165) is 11.3 Å². The maximum Gasteiger partial charge on any atom is 0.194 e. The molecular formula is C12H10N2O2S. The highest BCUT2D eigenvalue weighted by Gasteiger charge is 2.08. The number of rotatable bonds is 3. The van der Waals surface area contributed by atoms with E-state index >= 15 is 0 Å². The number of hydrogen-bond donors (Lipinski definition) is 0. The summed E-state index contributed by atoms with van der Waals surface area (Å²) in [6.45, 7) is 0. The van der Waals surface area contributed by atoms with Gasteiger partial charge in [-0.25, -0.2) is 4.98 Å². The summed E-state index contributed by atoms with van der Waals surface area (Å²) < 4.78 is 10.4. The van der Waals surface area contributed by atoms with Gasteiger partial charge in [-0.05, 0) is 18.2 Å². The maximum atomic E-state index is 8.73. The Morgan fingerprint density at radius 2 is 2.00 bits per heavy atom. The van der Waals surface area contributed by atoms with Crippen LogP contribution >= 0.6 is 11.3 Å². The minimum atomic E-state index is 0.454. The van der Waals surface area contributed by atoms with E-state index in [1.807, 2.05) is 29.6 Å². The highest BCUT2D eigenvalue weighted by Crippen LogP contribution is 2.32. The molecule has 1 heterocycles. The van der Waals surface area contributed by atoms with Gasteiger partial charge in [-0.3, -0.25) is 0 Å². The van der Waals surface area contributed by atoms with Crippen molar-refractivity contribution >= 4 is 11.3 Å². The van der Waals surface area contributed by atoms with E-state index in [9.17, 15) is 0 Å². The van der Waals surface area contributed by atoms with Gasteiger partial charge < -0.3 is 9.47 Å². The van der Waals surface area contributed by atoms with Crippen molar-refractivity contribution in [1.82, 2.24) is 4.98 Å². The Labute approximate surface area is 103 Å². The molecule has 2 rings (SSSR count). The summed E-state index contributed by atoms with van der Waals surface area (Å²) in [6.07, 6.45) is 0. The maximum absolute atomic E-state index is 8.73. The van der Waals surface area contributed by atoms with Crippen LogP contribution < -0.4 is 9.47 Å². The van der Waals surface area contributed by atoms with Crippen LogP contribution in [0.5, 0.6) is 11.5 Å². The molecule has 0 aliphatic rings. The van der Waals surface area contributed by atoms with E-state index in [4.69, 9.17) is 14.7 Å². The lowest BCUT2D eigenvalue weighted by atomic mass is 10.1. The summed E-state index contributed by atoms with van der Waals surface area (Å²) in [5.74, 6) is 1.32. The number of hydrogen-bond acceptors (Lipinski definition) is 5. The Morgan fingerprint density at radius 3 is 2.59 bits per heavy atom. The second-order valence-electron chi connectivity index (χ2n) is 3.22. The highest BCUT2D eigenvalue weighted by molar-refractivity contribution is 7.10. The Morgan fingerprint density at radius 1 is 1.24 bits per heavy atom. The average molecular weight is 246 g/mol. The third kappa shape index (κ3) is 2.22. The molecule has 86 valence electrons. The first kappa shape index (κ1) is 11.4. The zero-order valence-electron chi connectivity index (χ0n) is 9.43. The molecule has 5 heteroatoms. The minimum Gasteiger partial charge on any atom is -0.493 e. The van der Waals surface area contributed by atoms with Gasteiger partial charge in [0.05, 0.1) is 19.9 Å². The Hall–Kier alpha value is -2.06. The molecule has 0 atom stereocenters. The first-order valence-corrected chi connectivity index (χ1v) is 5.74. The van der Waals surface area contributed by atoms with Crippen LogP contribution in [0.2, 0.25) is 0 Å². The molecular weight excluding hydrogens is 236 g/mol. The lowest BCUT2D eigenvalue weighted by Crippen LogP contribution is -1.90. The molecule has 0 saturated carbocycles. The van der Waals surface area contributed by atoms with E-state index in [1.54, 1.807) is 14.2 Å². The molecule has 4 nitrogen and oxygen atoms in total. The monoisotopic (exact) mass is 246 g/mol. The lowest BCUT2D eigenvalue weighted by molar-refractivity contribution is 0.355. The molecule has 17 heavy (non-hydrogen) atoms. The molecule has 0 radical (unpaired) electrons. The fourth-order valence-corrected chi connectivity index (χ4v) is 2.07. The van der Waals surface area contributed by atoms with Gasteiger partial charge in [-0.2, -0.15) is 5.26 Å². The van der Waals surface area contributed by atoms with Crippen molar-refractivity contribution in [2.75, 3.05) is 14.2 Å².